The van der Waals surface area contributed by atoms with Gasteiger partial charge in [-0.15, -0.1) is 0 Å². The first kappa shape index (κ1) is 14.7. The Morgan fingerprint density at radius 2 is 2.00 bits per heavy atom. The number of hydrazine groups is 1. The molecule has 1 atom stereocenters. The Bertz CT molecular complexity index is 657. The highest BCUT2D eigenvalue weighted by molar-refractivity contribution is 9.10. The van der Waals surface area contributed by atoms with Crippen LogP contribution in [0.1, 0.15) is 34.7 Å². The summed E-state index contributed by atoms with van der Waals surface area (Å²) < 4.78 is 14.7. The van der Waals surface area contributed by atoms with Gasteiger partial charge in [-0.3, -0.25) is 11.3 Å². The average Bonchev–Trinajstić information content (AvgIpc) is 2.95. The van der Waals surface area contributed by atoms with E-state index in [1.54, 1.807) is 12.1 Å². The minimum absolute atomic E-state index is 0.234. The molecule has 3 N–H and O–H groups in total. The zero-order chi connectivity index (χ0) is 14.8. The molecule has 0 fully saturated rings. The molecule has 0 amide bonds. The van der Waals surface area contributed by atoms with E-state index in [4.69, 9.17) is 5.84 Å². The van der Waals surface area contributed by atoms with Crippen molar-refractivity contribution in [1.82, 2.24) is 5.43 Å². The predicted molar refractivity (Wildman–Crippen MR) is 86.3 cm³/mol. The number of rotatable bonds is 4. The van der Waals surface area contributed by atoms with Gasteiger partial charge in [-0.05, 0) is 64.4 Å². The van der Waals surface area contributed by atoms with E-state index in [1.165, 1.54) is 29.5 Å². The Morgan fingerprint density at radius 1 is 1.19 bits per heavy atom. The summed E-state index contributed by atoms with van der Waals surface area (Å²) in [6.45, 7) is 0. The van der Waals surface area contributed by atoms with Crippen LogP contribution in [0.2, 0.25) is 0 Å². The van der Waals surface area contributed by atoms with Crippen LogP contribution in [0.15, 0.2) is 40.9 Å². The van der Waals surface area contributed by atoms with Crippen LogP contribution in [0.25, 0.3) is 0 Å². The molecule has 0 bridgehead atoms. The molecular formula is C17H18BrFN2. The van der Waals surface area contributed by atoms with Crippen molar-refractivity contribution < 1.29 is 4.39 Å². The molecule has 1 aliphatic carbocycles. The Morgan fingerprint density at radius 3 is 2.81 bits per heavy atom. The van der Waals surface area contributed by atoms with Crippen LogP contribution in [0.5, 0.6) is 0 Å². The fourth-order valence-corrected chi connectivity index (χ4v) is 3.42. The Labute approximate surface area is 132 Å². The minimum atomic E-state index is -0.249. The maximum absolute atomic E-state index is 14.2. The summed E-state index contributed by atoms with van der Waals surface area (Å²) in [5, 5.41) is 0. The van der Waals surface area contributed by atoms with Gasteiger partial charge in [0.25, 0.3) is 0 Å². The van der Waals surface area contributed by atoms with Gasteiger partial charge in [0.15, 0.2) is 0 Å². The molecular weight excluding hydrogens is 331 g/mol. The van der Waals surface area contributed by atoms with Gasteiger partial charge in [-0.1, -0.05) is 30.3 Å². The summed E-state index contributed by atoms with van der Waals surface area (Å²) in [6, 6.07) is 11.6. The van der Waals surface area contributed by atoms with E-state index in [0.29, 0.717) is 16.5 Å². The third-order valence-electron chi connectivity index (χ3n) is 4.16. The van der Waals surface area contributed by atoms with E-state index in [2.05, 4.69) is 39.6 Å². The van der Waals surface area contributed by atoms with Gasteiger partial charge in [-0.25, -0.2) is 4.39 Å². The van der Waals surface area contributed by atoms with Gasteiger partial charge < -0.3 is 0 Å². The smallest absolute Gasteiger partial charge is 0.142 e. The topological polar surface area (TPSA) is 38.0 Å². The molecule has 2 aromatic carbocycles. The lowest BCUT2D eigenvalue weighted by molar-refractivity contribution is 0.508. The fraction of sp³-hybridized carbons (Fsp3) is 0.294. The molecule has 0 saturated heterocycles. The molecule has 0 heterocycles. The largest absolute Gasteiger partial charge is 0.271 e. The number of halogens is 2. The highest BCUT2D eigenvalue weighted by Gasteiger charge is 2.18. The second kappa shape index (κ2) is 6.26. The molecule has 2 aromatic rings. The summed E-state index contributed by atoms with van der Waals surface area (Å²) in [4.78, 5) is 0. The van der Waals surface area contributed by atoms with Crippen molar-refractivity contribution in [3.63, 3.8) is 0 Å². The van der Waals surface area contributed by atoms with E-state index in [0.717, 1.165) is 6.42 Å². The van der Waals surface area contributed by atoms with Gasteiger partial charge in [0, 0.05) is 5.56 Å². The number of benzene rings is 2. The molecule has 1 unspecified atom stereocenters. The summed E-state index contributed by atoms with van der Waals surface area (Å²) in [7, 11) is 0. The summed E-state index contributed by atoms with van der Waals surface area (Å²) in [6.07, 6.45) is 4.23. The molecule has 0 spiro atoms. The van der Waals surface area contributed by atoms with Gasteiger partial charge >= 0.3 is 0 Å². The van der Waals surface area contributed by atoms with Gasteiger partial charge in [0.05, 0.1) is 10.5 Å². The lowest BCUT2D eigenvalue weighted by Crippen LogP contribution is -2.30. The monoisotopic (exact) mass is 348 g/mol. The van der Waals surface area contributed by atoms with Crippen LogP contribution in [-0.2, 0) is 19.3 Å². The SMILES string of the molecule is NNC(Cc1ccc2c(c1)CCC2)c1cccc(Br)c1F. The molecule has 4 heteroatoms. The van der Waals surface area contributed by atoms with Crippen LogP contribution in [0, 0.1) is 5.82 Å². The molecule has 3 rings (SSSR count). The summed E-state index contributed by atoms with van der Waals surface area (Å²) >= 11 is 3.23. The first-order chi connectivity index (χ1) is 10.2. The molecule has 21 heavy (non-hydrogen) atoms. The first-order valence-corrected chi connectivity index (χ1v) is 7.99. The third kappa shape index (κ3) is 3.03. The Kier molecular flexibility index (Phi) is 4.38. The van der Waals surface area contributed by atoms with E-state index in [9.17, 15) is 4.39 Å². The second-order valence-electron chi connectivity index (χ2n) is 5.52. The molecule has 0 aliphatic heterocycles. The van der Waals surface area contributed by atoms with Gasteiger partial charge in [-0.2, -0.15) is 0 Å². The normalized spacial score (nSPS) is 15.0. The zero-order valence-corrected chi connectivity index (χ0v) is 13.3. The van der Waals surface area contributed by atoms with Gasteiger partial charge in [0.2, 0.25) is 0 Å². The van der Waals surface area contributed by atoms with Crippen molar-refractivity contribution in [1.29, 1.82) is 0 Å². The van der Waals surface area contributed by atoms with Crippen molar-refractivity contribution >= 4 is 15.9 Å². The third-order valence-corrected chi connectivity index (χ3v) is 4.77. The lowest BCUT2D eigenvalue weighted by atomic mass is 9.96. The molecule has 0 saturated carbocycles. The highest BCUT2D eigenvalue weighted by Crippen LogP contribution is 2.28. The quantitative estimate of drug-likeness (QED) is 0.651. The van der Waals surface area contributed by atoms with Crippen LogP contribution in [0.3, 0.4) is 0 Å². The number of hydrogen-bond acceptors (Lipinski definition) is 2. The standard InChI is InChI=1S/C17H18BrFN2/c18-15-6-2-5-14(17(15)19)16(21-20)10-11-7-8-12-3-1-4-13(12)9-11/h2,5-9,16,21H,1,3-4,10,20H2. The van der Waals surface area contributed by atoms with Gasteiger partial charge in [0.1, 0.15) is 5.82 Å². The summed E-state index contributed by atoms with van der Waals surface area (Å²) in [5.74, 6) is 5.40. The van der Waals surface area contributed by atoms with E-state index in [1.807, 2.05) is 6.07 Å². The number of fused-ring (bicyclic) bond motifs is 1. The number of hydrogen-bond donors (Lipinski definition) is 2. The van der Waals surface area contributed by atoms with Crippen molar-refractivity contribution in [3.8, 4) is 0 Å². The highest BCUT2D eigenvalue weighted by atomic mass is 79.9. The van der Waals surface area contributed by atoms with Crippen LogP contribution >= 0.6 is 15.9 Å². The van der Waals surface area contributed by atoms with E-state index < -0.39 is 0 Å². The Hall–Kier alpha value is -1.23. The number of nitrogens with two attached hydrogens (primary N) is 1. The summed E-state index contributed by atoms with van der Waals surface area (Å²) in [5.41, 5.74) is 7.40. The molecule has 0 aromatic heterocycles. The maximum atomic E-state index is 14.2. The van der Waals surface area contributed by atoms with Crippen molar-refractivity contribution in [2.45, 2.75) is 31.7 Å². The maximum Gasteiger partial charge on any atom is 0.142 e. The fourth-order valence-electron chi connectivity index (χ4n) is 3.04. The number of nitrogens with one attached hydrogen (secondary N) is 1. The minimum Gasteiger partial charge on any atom is -0.271 e. The van der Waals surface area contributed by atoms with E-state index in [-0.39, 0.29) is 11.9 Å². The van der Waals surface area contributed by atoms with E-state index >= 15 is 0 Å². The van der Waals surface area contributed by atoms with Crippen LogP contribution in [-0.4, -0.2) is 0 Å². The van der Waals surface area contributed by atoms with Crippen molar-refractivity contribution in [3.05, 3.63) is 68.9 Å². The number of aryl methyl sites for hydroxylation is 2. The zero-order valence-electron chi connectivity index (χ0n) is 11.7. The molecule has 2 nitrogen and oxygen atoms in total. The van der Waals surface area contributed by atoms with Crippen molar-refractivity contribution in [2.75, 3.05) is 0 Å². The molecule has 110 valence electrons. The lowest BCUT2D eigenvalue weighted by Gasteiger charge is -2.18. The molecule has 1 aliphatic rings. The van der Waals surface area contributed by atoms with Crippen molar-refractivity contribution in [2.24, 2.45) is 5.84 Å². The second-order valence-corrected chi connectivity index (χ2v) is 6.38. The van der Waals surface area contributed by atoms with Crippen LogP contribution in [0.4, 0.5) is 4.39 Å². The first-order valence-electron chi connectivity index (χ1n) is 7.19. The predicted octanol–water partition coefficient (Wildman–Crippen LogP) is 3.82. The van der Waals surface area contributed by atoms with Crippen LogP contribution < -0.4 is 11.3 Å². The molecule has 0 radical (unpaired) electrons. The Balaban J connectivity index is 1.86. The average molecular weight is 349 g/mol.